The summed E-state index contributed by atoms with van der Waals surface area (Å²) in [6, 6.07) is 7.89. The lowest BCUT2D eigenvalue weighted by Crippen LogP contribution is -2.08. The van der Waals surface area contributed by atoms with Crippen LogP contribution in [0.3, 0.4) is 0 Å². The Morgan fingerprint density at radius 1 is 0.947 bits per heavy atom. The summed E-state index contributed by atoms with van der Waals surface area (Å²) >= 11 is 5.64. The Balaban J connectivity index is 2.77. The minimum Gasteiger partial charge on any atom is -0.207 e. The third-order valence-electron chi connectivity index (χ3n) is 2.85. The van der Waals surface area contributed by atoms with E-state index >= 15 is 0 Å². The zero-order valence-corrected chi connectivity index (χ0v) is 10.6. The van der Waals surface area contributed by atoms with E-state index < -0.39 is 22.6 Å². The number of rotatable bonds is 1. The van der Waals surface area contributed by atoms with Gasteiger partial charge >= 0.3 is 6.18 Å². The molecule has 0 bridgehead atoms. The summed E-state index contributed by atoms with van der Waals surface area (Å²) in [5.41, 5.74) is -0.701. The number of benzene rings is 2. The lowest BCUT2D eigenvalue weighted by atomic mass is 9.95. The summed E-state index contributed by atoms with van der Waals surface area (Å²) in [6.45, 7) is 1.44. The van der Waals surface area contributed by atoms with Crippen LogP contribution < -0.4 is 0 Å². The smallest absolute Gasteiger partial charge is 0.207 e. The summed E-state index contributed by atoms with van der Waals surface area (Å²) in [4.78, 5) is 0. The van der Waals surface area contributed by atoms with E-state index in [0.29, 0.717) is 0 Å². The van der Waals surface area contributed by atoms with E-state index in [9.17, 15) is 17.6 Å². The van der Waals surface area contributed by atoms with Gasteiger partial charge in [-0.2, -0.15) is 13.2 Å². The zero-order chi connectivity index (χ0) is 14.2. The molecule has 0 saturated carbocycles. The van der Waals surface area contributed by atoms with Gasteiger partial charge in [0.2, 0.25) is 0 Å². The summed E-state index contributed by atoms with van der Waals surface area (Å²) in [5.74, 6) is -0.550. The van der Waals surface area contributed by atoms with Crippen LogP contribution >= 0.6 is 11.6 Å². The minimum atomic E-state index is -4.59. The molecule has 0 aliphatic rings. The van der Waals surface area contributed by atoms with Gasteiger partial charge in [-0.1, -0.05) is 35.9 Å². The third kappa shape index (κ3) is 2.59. The molecule has 0 nitrogen and oxygen atoms in total. The maximum Gasteiger partial charge on any atom is 0.418 e. The Morgan fingerprint density at radius 3 is 2.16 bits per heavy atom. The molecule has 0 unspecified atom stereocenters. The number of hydrogen-bond donors (Lipinski definition) is 0. The molecule has 0 amide bonds. The molecule has 0 N–H and O–H groups in total. The highest BCUT2D eigenvalue weighted by molar-refractivity contribution is 6.31. The Hall–Kier alpha value is -1.55. The van der Waals surface area contributed by atoms with Crippen molar-refractivity contribution in [2.75, 3.05) is 0 Å². The largest absolute Gasteiger partial charge is 0.418 e. The van der Waals surface area contributed by atoms with E-state index in [2.05, 4.69) is 0 Å². The highest BCUT2D eigenvalue weighted by Crippen LogP contribution is 2.42. The van der Waals surface area contributed by atoms with E-state index in [0.717, 1.165) is 0 Å². The predicted molar refractivity (Wildman–Crippen MR) is 66.6 cm³/mol. The van der Waals surface area contributed by atoms with E-state index in [4.69, 9.17) is 11.6 Å². The van der Waals surface area contributed by atoms with Crippen LogP contribution in [0.4, 0.5) is 17.6 Å². The molecule has 19 heavy (non-hydrogen) atoms. The van der Waals surface area contributed by atoms with Crippen LogP contribution in [0.15, 0.2) is 36.4 Å². The molecule has 0 aliphatic heterocycles. The highest BCUT2D eigenvalue weighted by Gasteiger charge is 2.36. The first-order chi connectivity index (χ1) is 8.82. The molecule has 0 heterocycles. The van der Waals surface area contributed by atoms with Crippen molar-refractivity contribution in [3.05, 3.63) is 58.4 Å². The molecule has 0 aromatic heterocycles. The predicted octanol–water partition coefficient (Wildman–Crippen LogP) is 5.47. The third-order valence-corrected chi connectivity index (χ3v) is 3.17. The second-order valence-electron chi connectivity index (χ2n) is 4.07. The van der Waals surface area contributed by atoms with E-state index in [1.807, 2.05) is 0 Å². The quantitative estimate of drug-likeness (QED) is 0.610. The molecule has 2 rings (SSSR count). The second-order valence-corrected chi connectivity index (χ2v) is 4.48. The fraction of sp³-hybridized carbons (Fsp3) is 0.143. The van der Waals surface area contributed by atoms with E-state index in [-0.39, 0.29) is 16.7 Å². The minimum absolute atomic E-state index is 0.114. The zero-order valence-electron chi connectivity index (χ0n) is 9.85. The summed E-state index contributed by atoms with van der Waals surface area (Å²) in [6.07, 6.45) is -4.59. The highest BCUT2D eigenvalue weighted by atomic mass is 35.5. The average Bonchev–Trinajstić information content (AvgIpc) is 2.30. The van der Waals surface area contributed by atoms with Crippen molar-refractivity contribution < 1.29 is 17.6 Å². The first-order valence-corrected chi connectivity index (χ1v) is 5.81. The normalized spacial score (nSPS) is 11.7. The molecule has 100 valence electrons. The van der Waals surface area contributed by atoms with Gasteiger partial charge in [0, 0.05) is 0 Å². The van der Waals surface area contributed by atoms with Crippen molar-refractivity contribution in [2.45, 2.75) is 13.1 Å². The van der Waals surface area contributed by atoms with E-state index in [1.165, 1.54) is 43.3 Å². The lowest BCUT2D eigenvalue weighted by molar-refractivity contribution is -0.137. The molecule has 0 fully saturated rings. The molecule has 0 spiro atoms. The number of halogens is 5. The lowest BCUT2D eigenvalue weighted by Gasteiger charge is -2.16. The van der Waals surface area contributed by atoms with Crippen LogP contribution in [-0.2, 0) is 6.18 Å². The molecule has 0 saturated heterocycles. The van der Waals surface area contributed by atoms with Gasteiger partial charge in [0.05, 0.1) is 10.6 Å². The van der Waals surface area contributed by atoms with Gasteiger partial charge in [0.1, 0.15) is 5.82 Å². The molecular formula is C14H9ClF4. The summed E-state index contributed by atoms with van der Waals surface area (Å²) < 4.78 is 52.6. The summed E-state index contributed by atoms with van der Waals surface area (Å²) in [5, 5.41) is -0.395. The first-order valence-electron chi connectivity index (χ1n) is 5.43. The molecular weight excluding hydrogens is 280 g/mol. The van der Waals surface area contributed by atoms with Crippen molar-refractivity contribution in [1.82, 2.24) is 0 Å². The first kappa shape index (κ1) is 13.9. The van der Waals surface area contributed by atoms with Crippen molar-refractivity contribution in [1.29, 1.82) is 0 Å². The number of hydrogen-bond acceptors (Lipinski definition) is 0. The molecule has 2 aromatic rings. The molecule has 0 radical (unpaired) electrons. The SMILES string of the molecule is Cc1c(F)cccc1-c1cccc(Cl)c1C(F)(F)F. The van der Waals surface area contributed by atoms with Gasteiger partial charge in [0.15, 0.2) is 0 Å². The van der Waals surface area contributed by atoms with Gasteiger partial charge in [-0.05, 0) is 35.7 Å². The average molecular weight is 289 g/mol. The Bertz CT molecular complexity index is 617. The fourth-order valence-corrected chi connectivity index (χ4v) is 2.22. The van der Waals surface area contributed by atoms with Crippen LogP contribution in [0.5, 0.6) is 0 Å². The Labute approximate surface area is 112 Å². The van der Waals surface area contributed by atoms with Crippen LogP contribution in [0.2, 0.25) is 5.02 Å². The topological polar surface area (TPSA) is 0 Å². The Kier molecular flexibility index (Phi) is 3.54. The van der Waals surface area contributed by atoms with Crippen molar-refractivity contribution in [3.63, 3.8) is 0 Å². The van der Waals surface area contributed by atoms with E-state index in [1.54, 1.807) is 0 Å². The van der Waals surface area contributed by atoms with Gasteiger partial charge < -0.3 is 0 Å². The van der Waals surface area contributed by atoms with Crippen molar-refractivity contribution >= 4 is 11.6 Å². The van der Waals surface area contributed by atoms with Crippen LogP contribution in [0.25, 0.3) is 11.1 Å². The molecule has 2 aromatic carbocycles. The maximum absolute atomic E-state index is 13.5. The standard InChI is InChI=1S/C14H9ClF4/c1-8-9(4-3-7-12(8)16)10-5-2-6-11(15)13(10)14(17,18)19/h2-7H,1H3. The fourth-order valence-electron chi connectivity index (χ4n) is 1.94. The summed E-state index contributed by atoms with van der Waals surface area (Å²) in [7, 11) is 0. The van der Waals surface area contributed by atoms with Crippen LogP contribution in [-0.4, -0.2) is 0 Å². The van der Waals surface area contributed by atoms with Crippen molar-refractivity contribution in [2.24, 2.45) is 0 Å². The maximum atomic E-state index is 13.5. The molecule has 0 aliphatic carbocycles. The van der Waals surface area contributed by atoms with Gasteiger partial charge in [-0.3, -0.25) is 0 Å². The Morgan fingerprint density at radius 2 is 1.53 bits per heavy atom. The molecule has 0 atom stereocenters. The van der Waals surface area contributed by atoms with Crippen LogP contribution in [0.1, 0.15) is 11.1 Å². The van der Waals surface area contributed by atoms with Gasteiger partial charge in [-0.25, -0.2) is 4.39 Å². The molecule has 5 heteroatoms. The van der Waals surface area contributed by atoms with Crippen molar-refractivity contribution in [3.8, 4) is 11.1 Å². The van der Waals surface area contributed by atoms with Gasteiger partial charge in [-0.15, -0.1) is 0 Å². The number of alkyl halides is 3. The van der Waals surface area contributed by atoms with Crippen LogP contribution in [0, 0.1) is 12.7 Å². The van der Waals surface area contributed by atoms with Gasteiger partial charge in [0.25, 0.3) is 0 Å². The second kappa shape index (κ2) is 4.85. The monoisotopic (exact) mass is 288 g/mol.